The van der Waals surface area contributed by atoms with Crippen molar-refractivity contribution in [3.63, 3.8) is 0 Å². The number of halogens is 1. The number of sulfonamides is 1. The predicted molar refractivity (Wildman–Crippen MR) is 96.1 cm³/mol. The number of anilines is 1. The van der Waals surface area contributed by atoms with E-state index in [9.17, 15) is 12.8 Å². The van der Waals surface area contributed by atoms with Gasteiger partial charge < -0.3 is 4.90 Å². The lowest BCUT2D eigenvalue weighted by atomic mass is 10.2. The van der Waals surface area contributed by atoms with E-state index in [4.69, 9.17) is 0 Å². The highest BCUT2D eigenvalue weighted by Gasteiger charge is 2.12. The molecule has 0 amide bonds. The molecule has 0 spiro atoms. The normalized spacial score (nSPS) is 11.5. The second kappa shape index (κ2) is 8.26. The average Bonchev–Trinajstić information content (AvgIpc) is 2.51. The van der Waals surface area contributed by atoms with Crippen LogP contribution in [0.4, 0.5) is 10.1 Å². The maximum atomic E-state index is 13.1. The van der Waals surface area contributed by atoms with Gasteiger partial charge in [-0.3, -0.25) is 0 Å². The molecule has 6 heteroatoms. The number of rotatable bonds is 8. The van der Waals surface area contributed by atoms with Gasteiger partial charge in [-0.1, -0.05) is 24.3 Å². The summed E-state index contributed by atoms with van der Waals surface area (Å²) in [5.41, 5.74) is 2.67. The van der Waals surface area contributed by atoms with E-state index in [0.29, 0.717) is 18.7 Å². The van der Waals surface area contributed by atoms with Gasteiger partial charge in [0.25, 0.3) is 0 Å². The summed E-state index contributed by atoms with van der Waals surface area (Å²) in [5.74, 6) is -0.652. The van der Waals surface area contributed by atoms with Crippen molar-refractivity contribution in [3.05, 3.63) is 65.5 Å². The molecule has 24 heavy (non-hydrogen) atoms. The molecule has 0 aliphatic heterocycles. The molecule has 0 saturated heterocycles. The summed E-state index contributed by atoms with van der Waals surface area (Å²) in [7, 11) is -3.49. The van der Waals surface area contributed by atoms with Gasteiger partial charge in [-0.15, -0.1) is 0 Å². The molecule has 0 saturated carbocycles. The first kappa shape index (κ1) is 18.4. The fourth-order valence-corrected chi connectivity index (χ4v) is 3.65. The Bertz CT molecular complexity index is 778. The lowest BCUT2D eigenvalue weighted by Gasteiger charge is -2.23. The molecule has 2 rings (SSSR count). The molecule has 0 bridgehead atoms. The Hall–Kier alpha value is -1.92. The summed E-state index contributed by atoms with van der Waals surface area (Å²) in [5, 5.41) is 0. The van der Waals surface area contributed by atoms with Gasteiger partial charge in [-0.2, -0.15) is 0 Å². The zero-order valence-electron chi connectivity index (χ0n) is 14.0. The van der Waals surface area contributed by atoms with Crippen molar-refractivity contribution in [2.24, 2.45) is 0 Å². The second-order valence-corrected chi connectivity index (χ2v) is 7.51. The van der Waals surface area contributed by atoms with Gasteiger partial charge in [0.1, 0.15) is 5.82 Å². The quantitative estimate of drug-likeness (QED) is 0.796. The summed E-state index contributed by atoms with van der Waals surface area (Å²) >= 11 is 0. The van der Waals surface area contributed by atoms with E-state index in [2.05, 4.69) is 15.7 Å². The largest absolute Gasteiger partial charge is 0.370 e. The van der Waals surface area contributed by atoms with E-state index in [-0.39, 0.29) is 5.75 Å². The topological polar surface area (TPSA) is 49.4 Å². The van der Waals surface area contributed by atoms with E-state index in [1.165, 1.54) is 18.2 Å². The third kappa shape index (κ3) is 5.62. The van der Waals surface area contributed by atoms with Crippen molar-refractivity contribution in [1.82, 2.24) is 4.72 Å². The zero-order valence-corrected chi connectivity index (χ0v) is 14.8. The Morgan fingerprint density at radius 2 is 1.88 bits per heavy atom. The number of likely N-dealkylation sites (N-methyl/N-ethyl adjacent to an activating group) is 1. The Morgan fingerprint density at radius 1 is 1.12 bits per heavy atom. The van der Waals surface area contributed by atoms with Crippen molar-refractivity contribution in [2.45, 2.75) is 19.6 Å². The first-order chi connectivity index (χ1) is 11.4. The Kier molecular flexibility index (Phi) is 6.34. The highest BCUT2D eigenvalue weighted by atomic mass is 32.2. The van der Waals surface area contributed by atoms with E-state index < -0.39 is 15.8 Å². The minimum absolute atomic E-state index is 0.221. The second-order valence-electron chi connectivity index (χ2n) is 5.70. The van der Waals surface area contributed by atoms with Crippen molar-refractivity contribution in [2.75, 3.05) is 24.5 Å². The molecule has 0 radical (unpaired) electrons. The van der Waals surface area contributed by atoms with Crippen LogP contribution in [0.1, 0.15) is 18.1 Å². The number of nitrogens with zero attached hydrogens (tertiary/aromatic N) is 1. The Labute approximate surface area is 143 Å². The van der Waals surface area contributed by atoms with Crippen LogP contribution < -0.4 is 9.62 Å². The predicted octanol–water partition coefficient (Wildman–Crippen LogP) is 3.08. The van der Waals surface area contributed by atoms with Crippen LogP contribution in [0.3, 0.4) is 0 Å². The molecule has 0 aromatic heterocycles. The fourth-order valence-electron chi connectivity index (χ4n) is 2.53. The molecule has 0 aliphatic rings. The maximum Gasteiger partial charge on any atom is 0.215 e. The highest BCUT2D eigenvalue weighted by molar-refractivity contribution is 7.88. The fraction of sp³-hybridized carbons (Fsp3) is 0.333. The van der Waals surface area contributed by atoms with Crippen LogP contribution in [-0.4, -0.2) is 28.1 Å². The van der Waals surface area contributed by atoms with Gasteiger partial charge in [-0.25, -0.2) is 17.5 Å². The lowest BCUT2D eigenvalue weighted by molar-refractivity contribution is 0.579. The summed E-state index contributed by atoms with van der Waals surface area (Å²) in [4.78, 5) is 2.11. The minimum atomic E-state index is -3.49. The van der Waals surface area contributed by atoms with Crippen LogP contribution >= 0.6 is 0 Å². The smallest absolute Gasteiger partial charge is 0.215 e. The van der Waals surface area contributed by atoms with Crippen molar-refractivity contribution in [1.29, 1.82) is 0 Å². The number of aryl methyl sites for hydroxylation is 1. The maximum absolute atomic E-state index is 13.1. The van der Waals surface area contributed by atoms with Crippen molar-refractivity contribution in [3.8, 4) is 0 Å². The molecular formula is C18H23FN2O2S. The van der Waals surface area contributed by atoms with Gasteiger partial charge in [0, 0.05) is 25.3 Å². The molecule has 0 heterocycles. The summed E-state index contributed by atoms with van der Waals surface area (Å²) < 4.78 is 40.0. The van der Waals surface area contributed by atoms with Crippen molar-refractivity contribution >= 4 is 15.7 Å². The monoisotopic (exact) mass is 350 g/mol. The van der Waals surface area contributed by atoms with Crippen LogP contribution in [0.5, 0.6) is 0 Å². The molecule has 130 valence electrons. The zero-order chi connectivity index (χ0) is 17.6. The minimum Gasteiger partial charge on any atom is -0.370 e. The van der Waals surface area contributed by atoms with E-state index in [0.717, 1.165) is 17.8 Å². The van der Waals surface area contributed by atoms with Crippen LogP contribution in [-0.2, 0) is 15.8 Å². The van der Waals surface area contributed by atoms with Crippen LogP contribution in [0, 0.1) is 12.7 Å². The van der Waals surface area contributed by atoms with Crippen LogP contribution in [0.2, 0.25) is 0 Å². The number of benzene rings is 2. The molecule has 2 aromatic carbocycles. The third-order valence-corrected chi connectivity index (χ3v) is 5.06. The number of hydrogen-bond donors (Lipinski definition) is 1. The first-order valence-electron chi connectivity index (χ1n) is 7.93. The highest BCUT2D eigenvalue weighted by Crippen LogP contribution is 2.15. The Balaban J connectivity index is 1.91. The molecular weight excluding hydrogens is 327 g/mol. The summed E-state index contributed by atoms with van der Waals surface area (Å²) in [6.07, 6.45) is 0. The average molecular weight is 350 g/mol. The van der Waals surface area contributed by atoms with Crippen LogP contribution in [0.15, 0.2) is 48.5 Å². The Morgan fingerprint density at radius 3 is 2.54 bits per heavy atom. The van der Waals surface area contributed by atoms with E-state index in [1.807, 2.05) is 32.0 Å². The van der Waals surface area contributed by atoms with Gasteiger partial charge >= 0.3 is 0 Å². The van der Waals surface area contributed by atoms with E-state index in [1.54, 1.807) is 6.07 Å². The summed E-state index contributed by atoms with van der Waals surface area (Å²) in [6, 6.07) is 13.8. The molecule has 4 nitrogen and oxygen atoms in total. The first-order valence-corrected chi connectivity index (χ1v) is 9.58. The molecule has 1 N–H and O–H groups in total. The van der Waals surface area contributed by atoms with Gasteiger partial charge in [0.2, 0.25) is 10.0 Å². The SMILES string of the molecule is CCN(CCNS(=O)(=O)Cc1cccc(F)c1)c1cccc(C)c1. The van der Waals surface area contributed by atoms with E-state index >= 15 is 0 Å². The van der Waals surface area contributed by atoms with Crippen LogP contribution in [0.25, 0.3) is 0 Å². The third-order valence-electron chi connectivity index (χ3n) is 3.70. The lowest BCUT2D eigenvalue weighted by Crippen LogP contribution is -2.35. The van der Waals surface area contributed by atoms with Gasteiger partial charge in [0.15, 0.2) is 0 Å². The molecule has 0 atom stereocenters. The van der Waals surface area contributed by atoms with Gasteiger partial charge in [0.05, 0.1) is 5.75 Å². The van der Waals surface area contributed by atoms with Gasteiger partial charge in [-0.05, 0) is 49.2 Å². The molecule has 0 fully saturated rings. The summed E-state index contributed by atoms with van der Waals surface area (Å²) in [6.45, 7) is 5.72. The number of hydrogen-bond acceptors (Lipinski definition) is 3. The standard InChI is InChI=1S/C18H23FN2O2S/c1-3-21(18-9-4-6-15(2)12-18)11-10-20-24(22,23)14-16-7-5-8-17(19)13-16/h4-9,12-13,20H,3,10-11,14H2,1-2H3. The molecule has 2 aromatic rings. The molecule has 0 unspecified atom stereocenters. The molecule has 0 aliphatic carbocycles. The number of nitrogens with one attached hydrogen (secondary N) is 1. The van der Waals surface area contributed by atoms with Crippen molar-refractivity contribution < 1.29 is 12.8 Å².